The molecule has 102 valence electrons. The van der Waals surface area contributed by atoms with Gasteiger partial charge in [-0.05, 0) is 29.8 Å². The predicted octanol–water partition coefficient (Wildman–Crippen LogP) is 3.23. The van der Waals surface area contributed by atoms with Gasteiger partial charge in [0.05, 0.1) is 12.2 Å². The fraction of sp³-hybridized carbons (Fsp3) is 0.133. The Morgan fingerprint density at radius 1 is 1.20 bits per heavy atom. The number of hydrogen-bond acceptors (Lipinski definition) is 3. The average molecular weight is 273 g/mol. The van der Waals surface area contributed by atoms with Crippen molar-refractivity contribution in [2.75, 3.05) is 11.4 Å². The van der Waals surface area contributed by atoms with Gasteiger partial charge in [-0.3, -0.25) is 4.90 Å². The summed E-state index contributed by atoms with van der Waals surface area (Å²) in [5.41, 5.74) is 1.31. The van der Waals surface area contributed by atoms with Crippen molar-refractivity contribution < 1.29 is 19.0 Å². The van der Waals surface area contributed by atoms with Crippen LogP contribution in [0.3, 0.4) is 0 Å². The van der Waals surface area contributed by atoms with Crippen LogP contribution in [-0.2, 0) is 4.74 Å². The third-order valence-corrected chi connectivity index (χ3v) is 3.20. The van der Waals surface area contributed by atoms with Crippen molar-refractivity contribution in [1.29, 1.82) is 0 Å². The molecule has 4 nitrogen and oxygen atoms in total. The number of anilines is 1. The van der Waals surface area contributed by atoms with Crippen LogP contribution in [0.15, 0.2) is 48.5 Å². The van der Waals surface area contributed by atoms with E-state index < -0.39 is 12.2 Å². The van der Waals surface area contributed by atoms with Gasteiger partial charge < -0.3 is 9.84 Å². The van der Waals surface area contributed by atoms with Crippen molar-refractivity contribution in [3.63, 3.8) is 0 Å². The monoisotopic (exact) mass is 273 g/mol. The normalized spacial score (nSPS) is 18.1. The molecule has 0 spiro atoms. The number of aromatic hydroxyl groups is 1. The summed E-state index contributed by atoms with van der Waals surface area (Å²) in [6, 6.07) is 12.3. The van der Waals surface area contributed by atoms with Crippen LogP contribution in [0.25, 0.3) is 0 Å². The smallest absolute Gasteiger partial charge is 0.415 e. The van der Waals surface area contributed by atoms with Gasteiger partial charge in [-0.1, -0.05) is 18.2 Å². The van der Waals surface area contributed by atoms with Crippen molar-refractivity contribution >= 4 is 11.8 Å². The maximum Gasteiger partial charge on any atom is 0.415 e. The lowest BCUT2D eigenvalue weighted by Crippen LogP contribution is -2.23. The topological polar surface area (TPSA) is 49.8 Å². The molecule has 1 saturated heterocycles. The van der Waals surface area contributed by atoms with Gasteiger partial charge in [0.2, 0.25) is 0 Å². The van der Waals surface area contributed by atoms with Gasteiger partial charge in [0.1, 0.15) is 17.7 Å². The molecule has 5 heteroatoms. The molecular formula is C15H12FNO3. The first-order chi connectivity index (χ1) is 9.63. The molecule has 1 heterocycles. The number of cyclic esters (lactones) is 1. The third-order valence-electron chi connectivity index (χ3n) is 3.20. The highest BCUT2D eigenvalue weighted by atomic mass is 19.1. The van der Waals surface area contributed by atoms with Crippen LogP contribution < -0.4 is 4.90 Å². The Morgan fingerprint density at radius 3 is 2.65 bits per heavy atom. The number of carbonyl (C=O) groups is 1. The van der Waals surface area contributed by atoms with Crippen LogP contribution in [-0.4, -0.2) is 17.7 Å². The highest BCUT2D eigenvalue weighted by Crippen LogP contribution is 2.31. The average Bonchev–Trinajstić information content (AvgIpc) is 2.82. The van der Waals surface area contributed by atoms with Crippen LogP contribution in [0.5, 0.6) is 5.75 Å². The lowest BCUT2D eigenvalue weighted by Gasteiger charge is -2.13. The number of ether oxygens (including phenoxy) is 1. The van der Waals surface area contributed by atoms with Crippen molar-refractivity contribution in [3.8, 4) is 5.75 Å². The minimum atomic E-state index is -0.482. The van der Waals surface area contributed by atoms with E-state index in [1.54, 1.807) is 24.3 Å². The molecule has 0 aliphatic carbocycles. The first-order valence-corrected chi connectivity index (χ1v) is 6.16. The van der Waals surface area contributed by atoms with Gasteiger partial charge in [0.15, 0.2) is 0 Å². The molecule has 1 N–H and O–H groups in total. The van der Waals surface area contributed by atoms with E-state index in [0.717, 1.165) is 5.56 Å². The van der Waals surface area contributed by atoms with Crippen molar-refractivity contribution in [2.45, 2.75) is 6.10 Å². The van der Waals surface area contributed by atoms with E-state index in [1.165, 1.54) is 29.2 Å². The third kappa shape index (κ3) is 2.30. The van der Waals surface area contributed by atoms with Gasteiger partial charge in [-0.15, -0.1) is 0 Å². The van der Waals surface area contributed by atoms with Gasteiger partial charge >= 0.3 is 6.09 Å². The molecule has 2 aromatic rings. The predicted molar refractivity (Wildman–Crippen MR) is 71.1 cm³/mol. The van der Waals surface area contributed by atoms with Gasteiger partial charge in [0, 0.05) is 6.07 Å². The zero-order valence-electron chi connectivity index (χ0n) is 10.5. The number of rotatable bonds is 2. The summed E-state index contributed by atoms with van der Waals surface area (Å²) in [6.07, 6.45) is -0.921. The molecule has 2 aromatic carbocycles. The molecule has 1 aliphatic rings. The Balaban J connectivity index is 1.83. The number of phenolic OH excluding ortho intramolecular Hbond substituents is 1. The van der Waals surface area contributed by atoms with E-state index in [4.69, 9.17) is 4.74 Å². The van der Waals surface area contributed by atoms with Crippen LogP contribution in [0.2, 0.25) is 0 Å². The Labute approximate surface area is 115 Å². The minimum absolute atomic E-state index is 0.0838. The molecule has 1 fully saturated rings. The minimum Gasteiger partial charge on any atom is -0.508 e. The Morgan fingerprint density at radius 2 is 1.95 bits per heavy atom. The lowest BCUT2D eigenvalue weighted by molar-refractivity contribution is 0.142. The molecule has 3 rings (SSSR count). The molecule has 1 unspecified atom stereocenters. The Kier molecular flexibility index (Phi) is 3.02. The first kappa shape index (κ1) is 12.5. The van der Waals surface area contributed by atoms with E-state index in [-0.39, 0.29) is 11.6 Å². The summed E-state index contributed by atoms with van der Waals surface area (Å²) in [5, 5.41) is 9.45. The number of benzene rings is 2. The number of amides is 1. The summed E-state index contributed by atoms with van der Waals surface area (Å²) < 4.78 is 18.2. The second-order valence-electron chi connectivity index (χ2n) is 4.55. The zero-order valence-corrected chi connectivity index (χ0v) is 10.5. The standard InChI is InChI=1S/C15H12FNO3/c16-11-6-4-10(5-7-11)14-9-17(15(19)20-14)12-2-1-3-13(18)8-12/h1-8,14,18H,9H2. The molecule has 0 saturated carbocycles. The van der Waals surface area contributed by atoms with Crippen molar-refractivity contribution in [3.05, 3.63) is 59.9 Å². The molecule has 0 aromatic heterocycles. The molecular weight excluding hydrogens is 261 g/mol. The van der Waals surface area contributed by atoms with Crippen LogP contribution in [0, 0.1) is 5.82 Å². The highest BCUT2D eigenvalue weighted by molar-refractivity contribution is 5.90. The van der Waals surface area contributed by atoms with Crippen molar-refractivity contribution in [2.24, 2.45) is 0 Å². The maximum absolute atomic E-state index is 12.9. The summed E-state index contributed by atoms with van der Waals surface area (Å²) in [4.78, 5) is 13.3. The van der Waals surface area contributed by atoms with Crippen LogP contribution >= 0.6 is 0 Å². The summed E-state index contributed by atoms with van der Waals surface area (Å²) >= 11 is 0. The molecule has 20 heavy (non-hydrogen) atoms. The number of hydrogen-bond donors (Lipinski definition) is 1. The quantitative estimate of drug-likeness (QED) is 0.913. The number of nitrogens with zero attached hydrogens (tertiary/aromatic N) is 1. The Hall–Kier alpha value is -2.56. The largest absolute Gasteiger partial charge is 0.508 e. The second kappa shape index (κ2) is 4.85. The SMILES string of the molecule is O=C1OC(c2ccc(F)cc2)CN1c1cccc(O)c1. The van der Waals surface area contributed by atoms with Gasteiger partial charge in [0.25, 0.3) is 0 Å². The zero-order chi connectivity index (χ0) is 14.1. The number of carbonyl (C=O) groups excluding carboxylic acids is 1. The molecule has 1 aliphatic heterocycles. The molecule has 1 amide bonds. The van der Waals surface area contributed by atoms with E-state index >= 15 is 0 Å². The van der Waals surface area contributed by atoms with E-state index in [1.807, 2.05) is 0 Å². The Bertz CT molecular complexity index is 642. The van der Waals surface area contributed by atoms with E-state index in [2.05, 4.69) is 0 Å². The number of halogens is 1. The van der Waals surface area contributed by atoms with Gasteiger partial charge in [-0.2, -0.15) is 0 Å². The molecule has 0 bridgehead atoms. The fourth-order valence-electron chi connectivity index (χ4n) is 2.19. The fourth-order valence-corrected chi connectivity index (χ4v) is 2.19. The first-order valence-electron chi connectivity index (χ1n) is 6.16. The number of phenols is 1. The van der Waals surface area contributed by atoms with Crippen molar-refractivity contribution in [1.82, 2.24) is 0 Å². The molecule has 0 radical (unpaired) electrons. The molecule has 1 atom stereocenters. The van der Waals surface area contributed by atoms with E-state index in [9.17, 15) is 14.3 Å². The van der Waals surface area contributed by atoms with Crippen LogP contribution in [0.1, 0.15) is 11.7 Å². The van der Waals surface area contributed by atoms with Gasteiger partial charge in [-0.25, -0.2) is 9.18 Å². The lowest BCUT2D eigenvalue weighted by atomic mass is 10.1. The highest BCUT2D eigenvalue weighted by Gasteiger charge is 2.33. The van der Waals surface area contributed by atoms with Crippen LogP contribution in [0.4, 0.5) is 14.9 Å². The summed E-state index contributed by atoms with van der Waals surface area (Å²) in [7, 11) is 0. The maximum atomic E-state index is 12.9. The summed E-state index contributed by atoms with van der Waals surface area (Å²) in [6.45, 7) is 0.327. The second-order valence-corrected chi connectivity index (χ2v) is 4.55. The summed E-state index contributed by atoms with van der Waals surface area (Å²) in [5.74, 6) is -0.247. The van der Waals surface area contributed by atoms with E-state index in [0.29, 0.717) is 12.2 Å².